The molecule has 0 aliphatic carbocycles. The van der Waals surface area contributed by atoms with E-state index in [4.69, 9.17) is 16.3 Å². The van der Waals surface area contributed by atoms with Crippen molar-refractivity contribution in [1.29, 1.82) is 0 Å². The van der Waals surface area contributed by atoms with Gasteiger partial charge in [-0.15, -0.1) is 0 Å². The molecule has 0 radical (unpaired) electrons. The molecular formula is C12H12ClN3O. The standard InChI is InChI=1S/C12H12ClN3O/c1-2-17-8-12-15-10(7-11(13)16-12)9-5-3-4-6-14-9/h3-7H,2,8H2,1H3. The van der Waals surface area contributed by atoms with Crippen LogP contribution in [0.25, 0.3) is 11.4 Å². The van der Waals surface area contributed by atoms with Crippen molar-refractivity contribution in [3.63, 3.8) is 0 Å². The van der Waals surface area contributed by atoms with E-state index < -0.39 is 0 Å². The van der Waals surface area contributed by atoms with E-state index in [1.165, 1.54) is 0 Å². The minimum absolute atomic E-state index is 0.358. The molecule has 0 atom stereocenters. The number of ether oxygens (including phenoxy) is 1. The number of hydrogen-bond donors (Lipinski definition) is 0. The van der Waals surface area contributed by atoms with Gasteiger partial charge in [-0.3, -0.25) is 4.98 Å². The lowest BCUT2D eigenvalue weighted by Crippen LogP contribution is -2.01. The van der Waals surface area contributed by atoms with Crippen LogP contribution >= 0.6 is 11.6 Å². The number of aromatic nitrogens is 3. The monoisotopic (exact) mass is 249 g/mol. The topological polar surface area (TPSA) is 47.9 Å². The molecule has 5 heteroatoms. The Kier molecular flexibility index (Phi) is 4.01. The molecule has 2 aromatic rings. The molecule has 0 aromatic carbocycles. The summed E-state index contributed by atoms with van der Waals surface area (Å²) in [7, 11) is 0. The maximum atomic E-state index is 5.94. The van der Waals surface area contributed by atoms with Crippen LogP contribution in [0.3, 0.4) is 0 Å². The number of pyridine rings is 1. The highest BCUT2D eigenvalue weighted by molar-refractivity contribution is 6.29. The van der Waals surface area contributed by atoms with Crippen molar-refractivity contribution in [2.75, 3.05) is 6.61 Å². The predicted molar refractivity (Wildman–Crippen MR) is 65.6 cm³/mol. The Hall–Kier alpha value is -1.52. The van der Waals surface area contributed by atoms with Crippen LogP contribution in [0, 0.1) is 0 Å². The average Bonchev–Trinajstić information content (AvgIpc) is 2.37. The van der Waals surface area contributed by atoms with Gasteiger partial charge in [-0.2, -0.15) is 0 Å². The first-order valence-corrected chi connectivity index (χ1v) is 5.70. The summed E-state index contributed by atoms with van der Waals surface area (Å²) in [5.74, 6) is 0.569. The first-order valence-electron chi connectivity index (χ1n) is 5.32. The van der Waals surface area contributed by atoms with E-state index in [1.54, 1.807) is 12.3 Å². The summed E-state index contributed by atoms with van der Waals surface area (Å²) in [4.78, 5) is 12.7. The molecule has 0 N–H and O–H groups in total. The molecule has 2 aromatic heterocycles. The van der Waals surface area contributed by atoms with Gasteiger partial charge in [0.05, 0.1) is 11.4 Å². The Bertz CT molecular complexity index is 490. The minimum Gasteiger partial charge on any atom is -0.374 e. The van der Waals surface area contributed by atoms with Gasteiger partial charge in [-0.1, -0.05) is 17.7 Å². The molecule has 4 nitrogen and oxygen atoms in total. The van der Waals surface area contributed by atoms with Gasteiger partial charge in [0, 0.05) is 18.9 Å². The van der Waals surface area contributed by atoms with Crippen molar-refractivity contribution in [2.45, 2.75) is 13.5 Å². The SMILES string of the molecule is CCOCc1nc(Cl)cc(-c2ccccn2)n1. The van der Waals surface area contributed by atoms with Crippen molar-refractivity contribution in [3.8, 4) is 11.4 Å². The molecule has 88 valence electrons. The van der Waals surface area contributed by atoms with Gasteiger partial charge in [0.25, 0.3) is 0 Å². The maximum absolute atomic E-state index is 5.94. The van der Waals surface area contributed by atoms with Crippen LogP contribution in [-0.2, 0) is 11.3 Å². The largest absolute Gasteiger partial charge is 0.374 e. The second kappa shape index (κ2) is 5.70. The van der Waals surface area contributed by atoms with Crippen LogP contribution in [0.5, 0.6) is 0 Å². The van der Waals surface area contributed by atoms with Gasteiger partial charge in [-0.25, -0.2) is 9.97 Å². The van der Waals surface area contributed by atoms with Gasteiger partial charge in [-0.05, 0) is 19.1 Å². The second-order valence-electron chi connectivity index (χ2n) is 3.34. The lowest BCUT2D eigenvalue weighted by molar-refractivity contribution is 0.128. The summed E-state index contributed by atoms with van der Waals surface area (Å²) in [5.41, 5.74) is 1.48. The van der Waals surface area contributed by atoms with Crippen molar-refractivity contribution in [1.82, 2.24) is 15.0 Å². The zero-order valence-electron chi connectivity index (χ0n) is 9.43. The second-order valence-corrected chi connectivity index (χ2v) is 3.73. The van der Waals surface area contributed by atoms with E-state index in [1.807, 2.05) is 25.1 Å². The van der Waals surface area contributed by atoms with Crippen LogP contribution in [0.15, 0.2) is 30.5 Å². The molecule has 0 aliphatic heterocycles. The maximum Gasteiger partial charge on any atom is 0.156 e. The number of halogens is 1. The van der Waals surface area contributed by atoms with Gasteiger partial charge in [0.2, 0.25) is 0 Å². The van der Waals surface area contributed by atoms with E-state index in [-0.39, 0.29) is 0 Å². The number of nitrogens with zero attached hydrogens (tertiary/aromatic N) is 3. The molecule has 17 heavy (non-hydrogen) atoms. The summed E-state index contributed by atoms with van der Waals surface area (Å²) in [6.07, 6.45) is 1.72. The fourth-order valence-electron chi connectivity index (χ4n) is 1.37. The molecule has 0 amide bonds. The molecule has 0 bridgehead atoms. The third-order valence-corrected chi connectivity index (χ3v) is 2.30. The van der Waals surface area contributed by atoms with E-state index in [2.05, 4.69) is 15.0 Å². The lowest BCUT2D eigenvalue weighted by Gasteiger charge is -2.04. The summed E-state index contributed by atoms with van der Waals surface area (Å²) in [6, 6.07) is 7.33. The highest BCUT2D eigenvalue weighted by Gasteiger charge is 2.06. The fraction of sp³-hybridized carbons (Fsp3) is 0.250. The van der Waals surface area contributed by atoms with Crippen LogP contribution in [-0.4, -0.2) is 21.6 Å². The third-order valence-electron chi connectivity index (χ3n) is 2.10. The zero-order chi connectivity index (χ0) is 12.1. The smallest absolute Gasteiger partial charge is 0.156 e. The molecule has 0 fully saturated rings. The molecule has 0 unspecified atom stereocenters. The van der Waals surface area contributed by atoms with Crippen molar-refractivity contribution >= 4 is 11.6 Å². The van der Waals surface area contributed by atoms with Crippen molar-refractivity contribution in [3.05, 3.63) is 41.4 Å². The van der Waals surface area contributed by atoms with Gasteiger partial charge in [0.1, 0.15) is 11.8 Å². The van der Waals surface area contributed by atoms with Crippen LogP contribution in [0.4, 0.5) is 0 Å². The molecule has 2 heterocycles. The van der Waals surface area contributed by atoms with E-state index in [9.17, 15) is 0 Å². The predicted octanol–water partition coefficient (Wildman–Crippen LogP) is 2.73. The number of hydrogen-bond acceptors (Lipinski definition) is 4. The Morgan fingerprint density at radius 1 is 1.24 bits per heavy atom. The quantitative estimate of drug-likeness (QED) is 0.782. The molecule has 0 saturated carbocycles. The molecular weight excluding hydrogens is 238 g/mol. The molecule has 2 rings (SSSR count). The van der Waals surface area contributed by atoms with E-state index >= 15 is 0 Å². The number of rotatable bonds is 4. The Morgan fingerprint density at radius 3 is 2.82 bits per heavy atom. The highest BCUT2D eigenvalue weighted by atomic mass is 35.5. The molecule has 0 spiro atoms. The molecule has 0 aliphatic rings. The van der Waals surface area contributed by atoms with Crippen LogP contribution in [0.2, 0.25) is 5.15 Å². The highest BCUT2D eigenvalue weighted by Crippen LogP contribution is 2.17. The normalized spacial score (nSPS) is 10.5. The lowest BCUT2D eigenvalue weighted by atomic mass is 10.2. The van der Waals surface area contributed by atoms with Crippen LogP contribution < -0.4 is 0 Å². The first-order chi connectivity index (χ1) is 8.29. The van der Waals surface area contributed by atoms with Crippen LogP contribution in [0.1, 0.15) is 12.7 Å². The summed E-state index contributed by atoms with van der Waals surface area (Å²) >= 11 is 5.94. The molecule has 0 saturated heterocycles. The van der Waals surface area contributed by atoms with Crippen molar-refractivity contribution in [2.24, 2.45) is 0 Å². The Balaban J connectivity index is 2.32. The third kappa shape index (κ3) is 3.22. The fourth-order valence-corrected chi connectivity index (χ4v) is 1.57. The first kappa shape index (κ1) is 12.0. The Labute approximate surface area is 105 Å². The summed E-state index contributed by atoms with van der Waals surface area (Å²) < 4.78 is 5.26. The van der Waals surface area contributed by atoms with E-state index in [0.717, 1.165) is 5.69 Å². The van der Waals surface area contributed by atoms with Gasteiger partial charge >= 0.3 is 0 Å². The zero-order valence-corrected chi connectivity index (χ0v) is 10.2. The summed E-state index contributed by atoms with van der Waals surface area (Å²) in [5, 5.41) is 0.398. The van der Waals surface area contributed by atoms with Gasteiger partial charge < -0.3 is 4.74 Å². The van der Waals surface area contributed by atoms with E-state index in [0.29, 0.717) is 29.9 Å². The Morgan fingerprint density at radius 2 is 2.12 bits per heavy atom. The van der Waals surface area contributed by atoms with Crippen molar-refractivity contribution < 1.29 is 4.74 Å². The summed E-state index contributed by atoms with van der Waals surface area (Å²) in [6.45, 7) is 2.90. The average molecular weight is 250 g/mol. The minimum atomic E-state index is 0.358. The van der Waals surface area contributed by atoms with Gasteiger partial charge in [0.15, 0.2) is 5.82 Å².